The van der Waals surface area contributed by atoms with Crippen molar-refractivity contribution in [3.63, 3.8) is 0 Å². The molecule has 0 saturated carbocycles. The quantitative estimate of drug-likeness (QED) is 0.803. The van der Waals surface area contributed by atoms with Gasteiger partial charge in [-0.05, 0) is 25.1 Å². The lowest BCUT2D eigenvalue weighted by molar-refractivity contribution is -0.120. The summed E-state index contributed by atoms with van der Waals surface area (Å²) in [4.78, 5) is 11.9. The number of nitrogens with one attached hydrogen (secondary N) is 2. The third kappa shape index (κ3) is 5.68. The fourth-order valence-electron chi connectivity index (χ4n) is 2.11. The van der Waals surface area contributed by atoms with Crippen LogP contribution in [-0.4, -0.2) is 27.1 Å². The first-order chi connectivity index (χ1) is 11.3. The predicted octanol–water partition coefficient (Wildman–Crippen LogP) is 2.21. The number of para-hydroxylation sites is 2. The van der Waals surface area contributed by atoms with Crippen LogP contribution in [0.4, 0.5) is 0 Å². The van der Waals surface area contributed by atoms with E-state index >= 15 is 0 Å². The Kier molecular flexibility index (Phi) is 5.94. The van der Waals surface area contributed by atoms with Crippen molar-refractivity contribution in [2.75, 3.05) is 12.8 Å². The fraction of sp³-hybridized carbons (Fsp3) is 0.235. The van der Waals surface area contributed by atoms with Crippen molar-refractivity contribution in [2.24, 2.45) is 0 Å². The number of amides is 1. The van der Waals surface area contributed by atoms with Crippen LogP contribution in [0.2, 0.25) is 0 Å². The summed E-state index contributed by atoms with van der Waals surface area (Å²) < 4.78 is 30.1. The molecule has 0 aliphatic rings. The second-order valence-corrected chi connectivity index (χ2v) is 7.17. The van der Waals surface area contributed by atoms with Crippen molar-refractivity contribution in [1.29, 1.82) is 0 Å². The summed E-state index contributed by atoms with van der Waals surface area (Å²) in [6.07, 6.45) is 1.01. The number of ether oxygens (including phenoxy) is 1. The van der Waals surface area contributed by atoms with Gasteiger partial charge in [-0.1, -0.05) is 36.4 Å². The van der Waals surface area contributed by atoms with Gasteiger partial charge in [0.05, 0.1) is 18.8 Å². The first-order valence-electron chi connectivity index (χ1n) is 7.41. The minimum Gasteiger partial charge on any atom is -0.457 e. The molecule has 0 heterocycles. The van der Waals surface area contributed by atoms with E-state index in [0.29, 0.717) is 11.5 Å². The Morgan fingerprint density at radius 2 is 1.71 bits per heavy atom. The molecule has 1 atom stereocenters. The third-order valence-electron chi connectivity index (χ3n) is 3.23. The van der Waals surface area contributed by atoms with Crippen LogP contribution in [0, 0.1) is 0 Å². The summed E-state index contributed by atoms with van der Waals surface area (Å²) in [6, 6.07) is 16.4. The van der Waals surface area contributed by atoms with Gasteiger partial charge in [0.25, 0.3) is 0 Å². The van der Waals surface area contributed by atoms with E-state index in [1.165, 1.54) is 0 Å². The van der Waals surface area contributed by atoms with Crippen molar-refractivity contribution < 1.29 is 17.9 Å². The molecule has 0 aliphatic heterocycles. The second kappa shape index (κ2) is 7.94. The molecule has 128 valence electrons. The van der Waals surface area contributed by atoms with Crippen molar-refractivity contribution in [3.05, 3.63) is 60.2 Å². The molecule has 2 N–H and O–H groups in total. The van der Waals surface area contributed by atoms with Crippen LogP contribution in [0.25, 0.3) is 0 Å². The van der Waals surface area contributed by atoms with Crippen LogP contribution < -0.4 is 14.8 Å². The molecule has 0 aliphatic carbocycles. The molecule has 24 heavy (non-hydrogen) atoms. The van der Waals surface area contributed by atoms with Gasteiger partial charge in [-0.3, -0.25) is 4.79 Å². The lowest BCUT2D eigenvalue weighted by Gasteiger charge is -2.18. The van der Waals surface area contributed by atoms with Gasteiger partial charge in [-0.25, -0.2) is 13.1 Å². The molecule has 2 aromatic carbocycles. The summed E-state index contributed by atoms with van der Waals surface area (Å²) in [5.74, 6) is 0.914. The van der Waals surface area contributed by atoms with E-state index in [4.69, 9.17) is 4.74 Å². The Bertz CT molecular complexity index is 791. The molecule has 0 radical (unpaired) electrons. The molecular weight excluding hydrogens is 328 g/mol. The summed E-state index contributed by atoms with van der Waals surface area (Å²) in [7, 11) is -3.40. The molecule has 0 unspecified atom stereocenters. The van der Waals surface area contributed by atoms with E-state index in [1.54, 1.807) is 0 Å². The number of carbonyl (C=O) groups excluding carboxylic acids is 1. The monoisotopic (exact) mass is 348 g/mol. The molecule has 0 saturated heterocycles. The van der Waals surface area contributed by atoms with Crippen molar-refractivity contribution in [1.82, 2.24) is 10.0 Å². The number of hydrogen-bond acceptors (Lipinski definition) is 4. The normalized spacial score (nSPS) is 12.4. The Morgan fingerprint density at radius 1 is 1.08 bits per heavy atom. The van der Waals surface area contributed by atoms with E-state index in [1.807, 2.05) is 61.5 Å². The van der Waals surface area contributed by atoms with Crippen LogP contribution in [0.1, 0.15) is 18.5 Å². The Labute approximate surface area is 141 Å². The first kappa shape index (κ1) is 18.0. The largest absolute Gasteiger partial charge is 0.457 e. The maximum atomic E-state index is 11.9. The van der Waals surface area contributed by atoms with Gasteiger partial charge < -0.3 is 10.1 Å². The molecular formula is C17H20N2O4S. The molecule has 1 amide bonds. The lowest BCUT2D eigenvalue weighted by Crippen LogP contribution is -2.37. The highest BCUT2D eigenvalue weighted by Gasteiger charge is 2.15. The van der Waals surface area contributed by atoms with Gasteiger partial charge in [0.2, 0.25) is 15.9 Å². The van der Waals surface area contributed by atoms with Crippen molar-refractivity contribution >= 4 is 15.9 Å². The lowest BCUT2D eigenvalue weighted by atomic mass is 10.1. The Balaban J connectivity index is 2.06. The SMILES string of the molecule is C[C@@H](NC(=O)CNS(C)(=O)=O)c1ccccc1Oc1ccccc1. The molecule has 2 aromatic rings. The Hall–Kier alpha value is -2.38. The zero-order chi connectivity index (χ0) is 17.6. The zero-order valence-electron chi connectivity index (χ0n) is 13.5. The van der Waals surface area contributed by atoms with Crippen LogP contribution in [0.3, 0.4) is 0 Å². The molecule has 0 spiro atoms. The first-order valence-corrected chi connectivity index (χ1v) is 9.30. The molecule has 0 fully saturated rings. The predicted molar refractivity (Wildman–Crippen MR) is 92.4 cm³/mol. The van der Waals surface area contributed by atoms with E-state index in [0.717, 1.165) is 11.8 Å². The standard InChI is InChI=1S/C17H20N2O4S/c1-13(19-17(20)12-18-24(2,21)22)15-10-6-7-11-16(15)23-14-8-4-3-5-9-14/h3-11,13,18H,12H2,1-2H3,(H,19,20)/t13-/m1/s1. The van der Waals surface area contributed by atoms with Gasteiger partial charge >= 0.3 is 0 Å². The van der Waals surface area contributed by atoms with E-state index in [-0.39, 0.29) is 12.6 Å². The minimum atomic E-state index is -3.40. The second-order valence-electron chi connectivity index (χ2n) is 5.34. The number of sulfonamides is 1. The average molecular weight is 348 g/mol. The van der Waals surface area contributed by atoms with Crippen molar-refractivity contribution in [3.8, 4) is 11.5 Å². The summed E-state index contributed by atoms with van der Waals surface area (Å²) >= 11 is 0. The molecule has 6 nitrogen and oxygen atoms in total. The maximum Gasteiger partial charge on any atom is 0.235 e. The summed E-state index contributed by atoms with van der Waals surface area (Å²) in [6.45, 7) is 1.51. The summed E-state index contributed by atoms with van der Waals surface area (Å²) in [5, 5.41) is 2.75. The highest BCUT2D eigenvalue weighted by atomic mass is 32.2. The van der Waals surface area contributed by atoms with Gasteiger partial charge in [-0.15, -0.1) is 0 Å². The molecule has 0 aromatic heterocycles. The minimum absolute atomic E-state index is 0.301. The number of benzene rings is 2. The number of rotatable bonds is 7. The molecule has 7 heteroatoms. The average Bonchev–Trinajstić information content (AvgIpc) is 2.54. The van der Waals surface area contributed by atoms with Crippen LogP contribution >= 0.6 is 0 Å². The fourth-order valence-corrected chi connectivity index (χ4v) is 2.51. The van der Waals surface area contributed by atoms with Gasteiger partial charge in [0.15, 0.2) is 0 Å². The van der Waals surface area contributed by atoms with Crippen LogP contribution in [0.5, 0.6) is 11.5 Å². The van der Waals surface area contributed by atoms with Gasteiger partial charge in [0, 0.05) is 5.56 Å². The smallest absolute Gasteiger partial charge is 0.235 e. The number of carbonyl (C=O) groups is 1. The highest BCUT2D eigenvalue weighted by molar-refractivity contribution is 7.88. The molecule has 0 bridgehead atoms. The van der Waals surface area contributed by atoms with Gasteiger partial charge in [0.1, 0.15) is 11.5 Å². The van der Waals surface area contributed by atoms with E-state index < -0.39 is 15.9 Å². The third-order valence-corrected chi connectivity index (χ3v) is 3.90. The van der Waals surface area contributed by atoms with E-state index in [2.05, 4.69) is 10.0 Å². The Morgan fingerprint density at radius 3 is 2.38 bits per heavy atom. The van der Waals surface area contributed by atoms with Crippen LogP contribution in [0.15, 0.2) is 54.6 Å². The van der Waals surface area contributed by atoms with Crippen molar-refractivity contribution in [2.45, 2.75) is 13.0 Å². The molecule has 2 rings (SSSR count). The topological polar surface area (TPSA) is 84.5 Å². The highest BCUT2D eigenvalue weighted by Crippen LogP contribution is 2.29. The number of hydrogen-bond donors (Lipinski definition) is 2. The van der Waals surface area contributed by atoms with Crippen LogP contribution in [-0.2, 0) is 14.8 Å². The summed E-state index contributed by atoms with van der Waals surface area (Å²) in [5.41, 5.74) is 0.800. The maximum absolute atomic E-state index is 11.9. The van der Waals surface area contributed by atoms with Gasteiger partial charge in [-0.2, -0.15) is 0 Å². The zero-order valence-corrected chi connectivity index (χ0v) is 14.3. The van der Waals surface area contributed by atoms with E-state index in [9.17, 15) is 13.2 Å².